The van der Waals surface area contributed by atoms with E-state index in [1.54, 1.807) is 37.4 Å². The summed E-state index contributed by atoms with van der Waals surface area (Å²) in [7, 11) is -2.19. The number of hydrogen-bond donors (Lipinski definition) is 2. The number of benzene rings is 2. The Labute approximate surface area is 173 Å². The van der Waals surface area contributed by atoms with Crippen molar-refractivity contribution in [3.05, 3.63) is 65.7 Å². The maximum atomic E-state index is 12.4. The van der Waals surface area contributed by atoms with Crippen LogP contribution < -0.4 is 14.8 Å². The molecule has 0 fully saturated rings. The first-order valence-corrected chi connectivity index (χ1v) is 11.1. The van der Waals surface area contributed by atoms with E-state index in [2.05, 4.69) is 20.2 Å². The van der Waals surface area contributed by atoms with Crippen LogP contribution in [0.25, 0.3) is 0 Å². The minimum Gasteiger partial charge on any atom is -0.497 e. The largest absolute Gasteiger partial charge is 0.497 e. The van der Waals surface area contributed by atoms with Crippen LogP contribution in [0.5, 0.6) is 5.75 Å². The topological polar surface area (TPSA) is 110 Å². The van der Waals surface area contributed by atoms with Crippen molar-refractivity contribution in [2.45, 2.75) is 17.2 Å². The zero-order valence-corrected chi connectivity index (χ0v) is 17.3. The number of nitrogens with one attached hydrogen (secondary N) is 2. The second-order valence-electron chi connectivity index (χ2n) is 6.05. The molecule has 1 amide bonds. The minimum absolute atomic E-state index is 0.121. The highest BCUT2D eigenvalue weighted by molar-refractivity contribution is 7.91. The molecule has 0 spiro atoms. The van der Waals surface area contributed by atoms with Gasteiger partial charge in [0.25, 0.3) is 15.9 Å². The van der Waals surface area contributed by atoms with Gasteiger partial charge in [-0.3, -0.25) is 10.1 Å². The molecular weight excluding hydrogens is 412 g/mol. The molecule has 0 bridgehead atoms. The molecule has 10 heteroatoms. The summed E-state index contributed by atoms with van der Waals surface area (Å²) < 4.78 is 32.2. The normalized spacial score (nSPS) is 11.2. The Morgan fingerprint density at radius 2 is 1.90 bits per heavy atom. The first-order chi connectivity index (χ1) is 14.0. The van der Waals surface area contributed by atoms with E-state index >= 15 is 0 Å². The molecule has 8 nitrogen and oxygen atoms in total. The maximum Gasteiger partial charge on any atom is 0.269 e. The number of anilines is 1. The van der Waals surface area contributed by atoms with Crippen molar-refractivity contribution in [1.29, 1.82) is 0 Å². The quantitative estimate of drug-likeness (QED) is 0.397. The molecule has 3 rings (SSSR count). The lowest BCUT2D eigenvalue weighted by Crippen LogP contribution is -2.25. The highest BCUT2D eigenvalue weighted by atomic mass is 32.2. The van der Waals surface area contributed by atoms with Crippen LogP contribution >= 0.6 is 11.3 Å². The van der Waals surface area contributed by atoms with Gasteiger partial charge in [0.2, 0.25) is 9.47 Å². The van der Waals surface area contributed by atoms with Crippen molar-refractivity contribution in [2.24, 2.45) is 0 Å². The van der Waals surface area contributed by atoms with E-state index < -0.39 is 10.0 Å². The van der Waals surface area contributed by atoms with Gasteiger partial charge in [0, 0.05) is 12.1 Å². The molecule has 2 aromatic carbocycles. The summed E-state index contributed by atoms with van der Waals surface area (Å²) >= 11 is 0.801. The molecule has 0 saturated heterocycles. The van der Waals surface area contributed by atoms with Crippen LogP contribution in [0.4, 0.5) is 5.13 Å². The molecule has 0 aliphatic heterocycles. The van der Waals surface area contributed by atoms with Crippen LogP contribution in [0.3, 0.4) is 0 Å². The van der Waals surface area contributed by atoms with E-state index in [-0.39, 0.29) is 21.9 Å². The fourth-order valence-corrected chi connectivity index (χ4v) is 4.53. The fraction of sp³-hybridized carbons (Fsp3) is 0.211. The molecule has 0 radical (unpaired) electrons. The second kappa shape index (κ2) is 9.59. The molecule has 152 valence electrons. The number of ether oxygens (including phenoxy) is 1. The molecule has 3 aromatic rings. The van der Waals surface area contributed by atoms with E-state index in [0.717, 1.165) is 22.6 Å². The molecule has 1 aromatic heterocycles. The number of aryl methyl sites for hydroxylation is 1. The molecule has 0 atom stereocenters. The Morgan fingerprint density at radius 3 is 2.66 bits per heavy atom. The Kier molecular flexibility index (Phi) is 6.91. The predicted molar refractivity (Wildman–Crippen MR) is 111 cm³/mol. The van der Waals surface area contributed by atoms with Gasteiger partial charge in [-0.1, -0.05) is 41.7 Å². The number of sulfonamides is 1. The monoisotopic (exact) mass is 432 g/mol. The molecule has 29 heavy (non-hydrogen) atoms. The van der Waals surface area contributed by atoms with Gasteiger partial charge in [-0.15, -0.1) is 10.2 Å². The Hall–Kier alpha value is -2.82. The van der Waals surface area contributed by atoms with Crippen LogP contribution in [-0.4, -0.2) is 38.2 Å². The SMILES string of the molecule is COc1cccc(CCCNS(=O)(=O)c2nnc(NC(=O)c3ccccc3)s2)c1. The van der Waals surface area contributed by atoms with Gasteiger partial charge in [0.15, 0.2) is 0 Å². The lowest BCUT2D eigenvalue weighted by atomic mass is 10.1. The molecule has 0 saturated carbocycles. The summed E-state index contributed by atoms with van der Waals surface area (Å²) in [6.45, 7) is 0.255. The predicted octanol–water partition coefficient (Wildman–Crippen LogP) is 2.71. The zero-order valence-electron chi connectivity index (χ0n) is 15.7. The molecule has 0 unspecified atom stereocenters. The molecule has 1 heterocycles. The van der Waals surface area contributed by atoms with Crippen molar-refractivity contribution in [3.63, 3.8) is 0 Å². The zero-order chi connectivity index (χ0) is 20.7. The van der Waals surface area contributed by atoms with Crippen molar-refractivity contribution in [2.75, 3.05) is 19.0 Å². The summed E-state index contributed by atoms with van der Waals surface area (Å²) in [5, 5.41) is 10.1. The third-order valence-corrected chi connectivity index (χ3v) is 6.63. The first kappa shape index (κ1) is 20.9. The van der Waals surface area contributed by atoms with Crippen molar-refractivity contribution in [1.82, 2.24) is 14.9 Å². The summed E-state index contributed by atoms with van der Waals surface area (Å²) in [5.74, 6) is 0.388. The van der Waals surface area contributed by atoms with E-state index in [0.29, 0.717) is 18.4 Å². The Balaban J connectivity index is 1.52. The summed E-state index contributed by atoms with van der Waals surface area (Å²) in [6, 6.07) is 16.2. The summed E-state index contributed by atoms with van der Waals surface area (Å²) in [4.78, 5) is 12.1. The number of carbonyl (C=O) groups is 1. The van der Waals surface area contributed by atoms with Crippen LogP contribution in [-0.2, 0) is 16.4 Å². The van der Waals surface area contributed by atoms with Crippen LogP contribution in [0.15, 0.2) is 58.9 Å². The third-order valence-electron chi connectivity index (χ3n) is 3.96. The molecule has 2 N–H and O–H groups in total. The number of hydrogen-bond acceptors (Lipinski definition) is 7. The van der Waals surface area contributed by atoms with Gasteiger partial charge in [0.05, 0.1) is 7.11 Å². The van der Waals surface area contributed by atoms with E-state index in [4.69, 9.17) is 4.74 Å². The third kappa shape index (κ3) is 5.83. The van der Waals surface area contributed by atoms with Crippen LogP contribution in [0.1, 0.15) is 22.3 Å². The minimum atomic E-state index is -3.79. The lowest BCUT2D eigenvalue weighted by molar-refractivity contribution is 0.102. The van der Waals surface area contributed by atoms with Crippen molar-refractivity contribution in [3.8, 4) is 5.75 Å². The second-order valence-corrected chi connectivity index (χ2v) is 8.96. The Bertz CT molecular complexity index is 1070. The first-order valence-electron chi connectivity index (χ1n) is 8.80. The summed E-state index contributed by atoms with van der Waals surface area (Å²) in [6.07, 6.45) is 1.32. The average Bonchev–Trinajstić information content (AvgIpc) is 3.21. The van der Waals surface area contributed by atoms with Crippen molar-refractivity contribution < 1.29 is 17.9 Å². The average molecular weight is 433 g/mol. The van der Waals surface area contributed by atoms with Gasteiger partial charge in [-0.25, -0.2) is 13.1 Å². The van der Waals surface area contributed by atoms with Gasteiger partial charge < -0.3 is 4.74 Å². The van der Waals surface area contributed by atoms with Crippen molar-refractivity contribution >= 4 is 32.4 Å². The highest BCUT2D eigenvalue weighted by Crippen LogP contribution is 2.20. The van der Waals surface area contributed by atoms with Gasteiger partial charge in [-0.2, -0.15) is 0 Å². The maximum absolute atomic E-state index is 12.4. The summed E-state index contributed by atoms with van der Waals surface area (Å²) in [5.41, 5.74) is 1.51. The van der Waals surface area contributed by atoms with Crippen LogP contribution in [0, 0.1) is 0 Å². The smallest absolute Gasteiger partial charge is 0.269 e. The number of nitrogens with zero attached hydrogens (tertiary/aromatic N) is 2. The van der Waals surface area contributed by atoms with E-state index in [9.17, 15) is 13.2 Å². The van der Waals surface area contributed by atoms with Gasteiger partial charge in [-0.05, 0) is 42.7 Å². The molecular formula is C19H20N4O4S2. The van der Waals surface area contributed by atoms with E-state index in [1.165, 1.54) is 0 Å². The van der Waals surface area contributed by atoms with Gasteiger partial charge in [0.1, 0.15) is 5.75 Å². The number of aromatic nitrogens is 2. The number of amides is 1. The molecule has 0 aliphatic rings. The highest BCUT2D eigenvalue weighted by Gasteiger charge is 2.20. The number of methoxy groups -OCH3 is 1. The number of carbonyl (C=O) groups excluding carboxylic acids is 1. The fourth-order valence-electron chi connectivity index (χ4n) is 2.52. The van der Waals surface area contributed by atoms with Crippen LogP contribution in [0.2, 0.25) is 0 Å². The lowest BCUT2D eigenvalue weighted by Gasteiger charge is -2.05. The van der Waals surface area contributed by atoms with Gasteiger partial charge >= 0.3 is 0 Å². The molecule has 0 aliphatic carbocycles. The standard InChI is InChI=1S/C19H20N4O4S2/c1-27-16-11-5-7-14(13-16)8-6-12-20-29(25,26)19-23-22-18(28-19)21-17(24)15-9-3-2-4-10-15/h2-5,7,9-11,13,20H,6,8,12H2,1H3,(H,21,22,24). The number of rotatable bonds is 9. The Morgan fingerprint density at radius 1 is 1.10 bits per heavy atom. The van der Waals surface area contributed by atoms with E-state index in [1.807, 2.05) is 24.3 Å².